The third-order valence-corrected chi connectivity index (χ3v) is 6.60. The molecule has 0 atom stereocenters. The molecule has 184 valence electrons. The van der Waals surface area contributed by atoms with Crippen LogP contribution in [0.1, 0.15) is 105 Å². The van der Waals surface area contributed by atoms with Gasteiger partial charge in [0.25, 0.3) is 0 Å². The van der Waals surface area contributed by atoms with Gasteiger partial charge in [-0.2, -0.15) is 0 Å². The lowest BCUT2D eigenvalue weighted by molar-refractivity contribution is 0.289. The van der Waals surface area contributed by atoms with Gasteiger partial charge in [0.2, 0.25) is 0 Å². The van der Waals surface area contributed by atoms with E-state index in [1.165, 1.54) is 0 Å². The van der Waals surface area contributed by atoms with Crippen molar-refractivity contribution in [3.05, 3.63) is 58.7 Å². The summed E-state index contributed by atoms with van der Waals surface area (Å²) in [4.78, 5) is 10.7. The van der Waals surface area contributed by atoms with Crippen molar-refractivity contribution in [1.82, 2.24) is 0 Å². The van der Waals surface area contributed by atoms with E-state index in [4.69, 9.17) is 9.05 Å². The maximum atomic E-state index is 13.1. The van der Waals surface area contributed by atoms with E-state index in [0.29, 0.717) is 11.5 Å². The molecule has 1 N–H and O–H groups in total. The second-order valence-corrected chi connectivity index (χ2v) is 14.4. The van der Waals surface area contributed by atoms with Gasteiger partial charge in [-0.3, -0.25) is 4.89 Å². The Kier molecular flexibility index (Phi) is 7.31. The van der Waals surface area contributed by atoms with Crippen LogP contribution in [0.5, 0.6) is 11.5 Å². The SMILES string of the molecule is CC(C)(C)c1cc(OP(=O)(O)Oc2cc(C(C)(C)C)cc(C(C)(C)C)c2)cc(C(C)(C)C)c1. The van der Waals surface area contributed by atoms with Gasteiger partial charge in [-0.15, -0.1) is 0 Å². The summed E-state index contributed by atoms with van der Waals surface area (Å²) >= 11 is 0. The predicted octanol–water partition coefficient (Wildman–Crippen LogP) is 8.43. The van der Waals surface area contributed by atoms with E-state index in [9.17, 15) is 9.46 Å². The number of benzene rings is 2. The van der Waals surface area contributed by atoms with Gasteiger partial charge in [0.15, 0.2) is 0 Å². The van der Waals surface area contributed by atoms with Crippen molar-refractivity contribution in [1.29, 1.82) is 0 Å². The lowest BCUT2D eigenvalue weighted by Crippen LogP contribution is -2.17. The molecule has 4 nitrogen and oxygen atoms in total. The minimum atomic E-state index is -4.42. The molecule has 2 rings (SSSR count). The summed E-state index contributed by atoms with van der Waals surface area (Å²) in [6.45, 7) is 25.3. The number of hydrogen-bond acceptors (Lipinski definition) is 3. The fraction of sp³-hybridized carbons (Fsp3) is 0.571. The first-order chi connectivity index (χ1) is 14.6. The quantitative estimate of drug-likeness (QED) is 0.452. The van der Waals surface area contributed by atoms with Crippen LogP contribution in [0.3, 0.4) is 0 Å². The second-order valence-electron chi connectivity index (χ2n) is 13.1. The van der Waals surface area contributed by atoms with Gasteiger partial charge >= 0.3 is 7.82 Å². The minimum absolute atomic E-state index is 0.137. The van der Waals surface area contributed by atoms with Crippen LogP contribution in [0.4, 0.5) is 0 Å². The minimum Gasteiger partial charge on any atom is -0.395 e. The lowest BCUT2D eigenvalue weighted by Gasteiger charge is -2.27. The maximum Gasteiger partial charge on any atom is 0.584 e. The zero-order chi connectivity index (χ0) is 25.6. The van der Waals surface area contributed by atoms with Crippen LogP contribution in [-0.2, 0) is 26.2 Å². The van der Waals surface area contributed by atoms with Crippen molar-refractivity contribution in [3.8, 4) is 11.5 Å². The number of phosphoric acid groups is 1. The fourth-order valence-corrected chi connectivity index (χ4v) is 4.10. The molecule has 0 saturated carbocycles. The zero-order valence-corrected chi connectivity index (χ0v) is 23.5. The van der Waals surface area contributed by atoms with Crippen LogP contribution in [-0.4, -0.2) is 4.89 Å². The Labute approximate surface area is 201 Å². The van der Waals surface area contributed by atoms with Gasteiger partial charge < -0.3 is 9.05 Å². The molecule has 0 heterocycles. The molecule has 0 bridgehead atoms. The fourth-order valence-electron chi connectivity index (χ4n) is 3.32. The van der Waals surface area contributed by atoms with E-state index >= 15 is 0 Å². The third kappa shape index (κ3) is 7.62. The predicted molar refractivity (Wildman–Crippen MR) is 139 cm³/mol. The summed E-state index contributed by atoms with van der Waals surface area (Å²) in [5, 5.41) is 0. The molecular weight excluding hydrogens is 431 g/mol. The van der Waals surface area contributed by atoms with Crippen LogP contribution < -0.4 is 9.05 Å². The summed E-state index contributed by atoms with van der Waals surface area (Å²) in [5.41, 5.74) is 3.60. The molecule has 0 spiro atoms. The number of hydrogen-bond donors (Lipinski definition) is 1. The number of phosphoric ester groups is 1. The molecule has 33 heavy (non-hydrogen) atoms. The molecule has 2 aromatic rings. The number of rotatable bonds is 4. The average Bonchev–Trinajstić information content (AvgIpc) is 2.57. The van der Waals surface area contributed by atoms with Gasteiger partial charge in [0.1, 0.15) is 11.5 Å². The molecule has 0 radical (unpaired) electrons. The normalized spacial score (nSPS) is 13.7. The summed E-state index contributed by atoms with van der Waals surface area (Å²) in [6.07, 6.45) is 0. The van der Waals surface area contributed by atoms with Gasteiger partial charge in [-0.25, -0.2) is 4.57 Å². The van der Waals surface area contributed by atoms with Crippen molar-refractivity contribution in [2.75, 3.05) is 0 Å². The van der Waals surface area contributed by atoms with Gasteiger partial charge in [0, 0.05) is 0 Å². The smallest absolute Gasteiger partial charge is 0.395 e. The highest BCUT2D eigenvalue weighted by atomic mass is 31.2. The highest BCUT2D eigenvalue weighted by Gasteiger charge is 2.30. The molecule has 0 aliphatic heterocycles. The van der Waals surface area contributed by atoms with Crippen LogP contribution in [0.15, 0.2) is 36.4 Å². The summed E-state index contributed by atoms with van der Waals surface area (Å²) in [7, 11) is -4.42. The van der Waals surface area contributed by atoms with Crippen molar-refractivity contribution in [3.63, 3.8) is 0 Å². The van der Waals surface area contributed by atoms with E-state index in [1.54, 1.807) is 0 Å². The van der Waals surface area contributed by atoms with Crippen LogP contribution in [0, 0.1) is 0 Å². The first-order valence-corrected chi connectivity index (χ1v) is 13.1. The van der Waals surface area contributed by atoms with E-state index in [2.05, 4.69) is 95.2 Å². The van der Waals surface area contributed by atoms with Crippen LogP contribution >= 0.6 is 7.82 Å². The molecule has 0 aliphatic carbocycles. The molecule has 0 aliphatic rings. The summed E-state index contributed by atoms with van der Waals surface area (Å²) < 4.78 is 24.3. The average molecular weight is 475 g/mol. The molecule has 0 saturated heterocycles. The van der Waals surface area contributed by atoms with Crippen molar-refractivity contribution < 1.29 is 18.5 Å². The van der Waals surface area contributed by atoms with Crippen molar-refractivity contribution in [2.24, 2.45) is 0 Å². The second kappa shape index (κ2) is 8.78. The van der Waals surface area contributed by atoms with E-state index < -0.39 is 7.82 Å². The zero-order valence-electron chi connectivity index (χ0n) is 22.6. The Hall–Kier alpha value is -1.77. The molecule has 0 fully saturated rings. The van der Waals surface area contributed by atoms with E-state index in [1.807, 2.05) is 24.3 Å². The van der Waals surface area contributed by atoms with E-state index in [0.717, 1.165) is 22.3 Å². The molecule has 0 aromatic heterocycles. The van der Waals surface area contributed by atoms with Crippen molar-refractivity contribution in [2.45, 2.75) is 105 Å². The Balaban J connectivity index is 2.48. The first kappa shape index (κ1) is 27.5. The largest absolute Gasteiger partial charge is 0.584 e. The Morgan fingerprint density at radius 1 is 0.515 bits per heavy atom. The van der Waals surface area contributed by atoms with Gasteiger partial charge in [-0.1, -0.05) is 95.2 Å². The Morgan fingerprint density at radius 2 is 0.727 bits per heavy atom. The lowest BCUT2D eigenvalue weighted by atomic mass is 9.80. The molecule has 0 unspecified atom stereocenters. The van der Waals surface area contributed by atoms with Crippen LogP contribution in [0.2, 0.25) is 0 Å². The topological polar surface area (TPSA) is 55.8 Å². The van der Waals surface area contributed by atoms with Crippen LogP contribution in [0.25, 0.3) is 0 Å². The van der Waals surface area contributed by atoms with Crippen molar-refractivity contribution >= 4 is 7.82 Å². The molecule has 2 aromatic carbocycles. The highest BCUT2D eigenvalue weighted by molar-refractivity contribution is 7.48. The Morgan fingerprint density at radius 3 is 0.909 bits per heavy atom. The molecule has 0 amide bonds. The van der Waals surface area contributed by atoms with Gasteiger partial charge in [0.05, 0.1) is 0 Å². The monoisotopic (exact) mass is 474 g/mol. The molecular formula is C28H43O4P. The standard InChI is InChI=1S/C28H43O4P/c1-25(2,3)19-13-20(26(4,5)6)16-23(15-19)31-33(29,30)32-24-17-21(27(7,8)9)14-22(18-24)28(10,11)12/h13-18H,1-12H3,(H,29,30). The highest BCUT2D eigenvalue weighted by Crippen LogP contribution is 2.47. The Bertz CT molecular complexity index is 896. The third-order valence-electron chi connectivity index (χ3n) is 5.72. The van der Waals surface area contributed by atoms with Gasteiger partial charge in [-0.05, 0) is 68.2 Å². The summed E-state index contributed by atoms with van der Waals surface area (Å²) in [6, 6.07) is 11.6. The summed E-state index contributed by atoms with van der Waals surface area (Å²) in [5.74, 6) is 0.669. The first-order valence-electron chi connectivity index (χ1n) is 11.6. The molecule has 5 heteroatoms. The maximum absolute atomic E-state index is 13.1. The van der Waals surface area contributed by atoms with E-state index in [-0.39, 0.29) is 21.7 Å².